The third kappa shape index (κ3) is 3.04. The van der Waals surface area contributed by atoms with Gasteiger partial charge in [0, 0.05) is 17.9 Å². The Morgan fingerprint density at radius 1 is 1.47 bits per heavy atom. The highest BCUT2D eigenvalue weighted by atomic mass is 32.2. The third-order valence-electron chi connectivity index (χ3n) is 2.60. The Labute approximate surface area is 116 Å². The van der Waals surface area contributed by atoms with Crippen LogP contribution in [0.4, 0.5) is 0 Å². The molecule has 2 aromatic heterocycles. The Bertz CT molecular complexity index is 609. The molecule has 0 unspecified atom stereocenters. The van der Waals surface area contributed by atoms with Crippen molar-refractivity contribution in [2.45, 2.75) is 38.1 Å². The number of nitrogens with zero attached hydrogens (tertiary/aromatic N) is 4. The average Bonchev–Trinajstić information content (AvgIpc) is 2.72. The molecule has 7 heteroatoms. The van der Waals surface area contributed by atoms with E-state index in [2.05, 4.69) is 20.4 Å². The van der Waals surface area contributed by atoms with E-state index >= 15 is 0 Å². The maximum absolute atomic E-state index is 11.7. The van der Waals surface area contributed by atoms with Crippen molar-refractivity contribution in [2.75, 3.05) is 6.54 Å². The summed E-state index contributed by atoms with van der Waals surface area (Å²) in [5.41, 5.74) is 1.89. The second-order valence-corrected chi connectivity index (χ2v) is 5.61. The topological polar surface area (TPSA) is 72.2 Å². The predicted molar refractivity (Wildman–Crippen MR) is 74.3 cm³/mol. The Balaban J connectivity index is 2.22. The van der Waals surface area contributed by atoms with Crippen molar-refractivity contribution in [1.82, 2.24) is 24.9 Å². The summed E-state index contributed by atoms with van der Waals surface area (Å²) < 4.78 is 1.69. The second kappa shape index (κ2) is 5.56. The molecule has 0 aliphatic heterocycles. The molecule has 0 radical (unpaired) electrons. The van der Waals surface area contributed by atoms with Gasteiger partial charge in [0.25, 0.3) is 5.78 Å². The predicted octanol–water partition coefficient (Wildman–Crippen LogP) is 1.36. The molecule has 0 aromatic carbocycles. The smallest absolute Gasteiger partial charge is 0.253 e. The fourth-order valence-electron chi connectivity index (χ4n) is 1.73. The molecule has 0 aliphatic rings. The van der Waals surface area contributed by atoms with Gasteiger partial charge in [-0.25, -0.2) is 9.50 Å². The number of thioether (sulfide) groups is 1. The van der Waals surface area contributed by atoms with E-state index in [0.29, 0.717) is 17.5 Å². The summed E-state index contributed by atoms with van der Waals surface area (Å²) >= 11 is 1.34. The maximum atomic E-state index is 11.7. The fraction of sp³-hybridized carbons (Fsp3) is 0.500. The third-order valence-corrected chi connectivity index (χ3v) is 3.55. The largest absolute Gasteiger partial charge is 0.355 e. The molecule has 0 aliphatic carbocycles. The second-order valence-electron chi connectivity index (χ2n) is 4.30. The number of nitrogens with one attached hydrogen (secondary N) is 1. The highest BCUT2D eigenvalue weighted by Crippen LogP contribution is 2.20. The van der Waals surface area contributed by atoms with E-state index in [-0.39, 0.29) is 11.2 Å². The molecular formula is C12H17N5OS. The molecule has 1 N–H and O–H groups in total. The molecule has 0 saturated carbocycles. The van der Waals surface area contributed by atoms with Gasteiger partial charge in [-0.05, 0) is 33.8 Å². The molecule has 0 saturated heterocycles. The van der Waals surface area contributed by atoms with Gasteiger partial charge in [0.2, 0.25) is 11.1 Å². The van der Waals surface area contributed by atoms with Crippen LogP contribution < -0.4 is 5.32 Å². The fourth-order valence-corrected chi connectivity index (χ4v) is 2.50. The van der Waals surface area contributed by atoms with E-state index in [1.807, 2.05) is 33.8 Å². The number of rotatable bonds is 4. The van der Waals surface area contributed by atoms with Gasteiger partial charge in [-0.3, -0.25) is 4.79 Å². The zero-order valence-electron chi connectivity index (χ0n) is 11.5. The summed E-state index contributed by atoms with van der Waals surface area (Å²) in [6, 6.07) is 1.95. The first-order chi connectivity index (χ1) is 9.01. The molecule has 19 heavy (non-hydrogen) atoms. The van der Waals surface area contributed by atoms with Crippen molar-refractivity contribution >= 4 is 23.4 Å². The lowest BCUT2D eigenvalue weighted by Crippen LogP contribution is -2.30. The molecule has 1 atom stereocenters. The van der Waals surface area contributed by atoms with Crippen molar-refractivity contribution in [1.29, 1.82) is 0 Å². The van der Waals surface area contributed by atoms with Crippen LogP contribution >= 0.6 is 11.8 Å². The standard InChI is InChI=1S/C12H17N5OS/c1-5-13-10(18)9(4)19-12-15-11-14-7(2)6-8(3)17(11)16-12/h6,9H,5H2,1-4H3,(H,13,18)/t9-/m0/s1. The average molecular weight is 279 g/mol. The van der Waals surface area contributed by atoms with Crippen molar-refractivity contribution in [3.63, 3.8) is 0 Å². The van der Waals surface area contributed by atoms with Crippen LogP contribution in [0.25, 0.3) is 5.78 Å². The van der Waals surface area contributed by atoms with Crippen LogP contribution in [0.15, 0.2) is 11.2 Å². The van der Waals surface area contributed by atoms with Gasteiger partial charge >= 0.3 is 0 Å². The maximum Gasteiger partial charge on any atom is 0.253 e. The van der Waals surface area contributed by atoms with E-state index < -0.39 is 0 Å². The summed E-state index contributed by atoms with van der Waals surface area (Å²) in [4.78, 5) is 20.3. The van der Waals surface area contributed by atoms with Gasteiger partial charge in [0.05, 0.1) is 5.25 Å². The molecule has 0 bridgehead atoms. The molecular weight excluding hydrogens is 262 g/mol. The van der Waals surface area contributed by atoms with Gasteiger partial charge < -0.3 is 5.32 Å². The number of hydrogen-bond acceptors (Lipinski definition) is 5. The molecule has 102 valence electrons. The summed E-state index contributed by atoms with van der Waals surface area (Å²) in [6.45, 7) is 8.24. The van der Waals surface area contributed by atoms with E-state index in [1.54, 1.807) is 4.52 Å². The molecule has 2 heterocycles. The molecule has 1 amide bonds. The summed E-state index contributed by atoms with van der Waals surface area (Å²) in [6.07, 6.45) is 0. The lowest BCUT2D eigenvalue weighted by molar-refractivity contribution is -0.120. The first-order valence-electron chi connectivity index (χ1n) is 6.16. The number of aromatic nitrogens is 4. The minimum atomic E-state index is -0.223. The highest BCUT2D eigenvalue weighted by Gasteiger charge is 2.17. The molecule has 6 nitrogen and oxygen atoms in total. The van der Waals surface area contributed by atoms with Gasteiger partial charge in [-0.1, -0.05) is 11.8 Å². The number of fused-ring (bicyclic) bond motifs is 1. The number of aryl methyl sites for hydroxylation is 2. The van der Waals surface area contributed by atoms with Crippen LogP contribution in [0.3, 0.4) is 0 Å². The summed E-state index contributed by atoms with van der Waals surface area (Å²) in [5.74, 6) is 0.565. The summed E-state index contributed by atoms with van der Waals surface area (Å²) in [7, 11) is 0. The van der Waals surface area contributed by atoms with Crippen LogP contribution in [-0.2, 0) is 4.79 Å². The molecule has 2 rings (SSSR count). The number of carbonyl (C=O) groups excluding carboxylic acids is 1. The zero-order valence-corrected chi connectivity index (χ0v) is 12.3. The van der Waals surface area contributed by atoms with E-state index in [4.69, 9.17) is 0 Å². The van der Waals surface area contributed by atoms with Crippen molar-refractivity contribution in [2.24, 2.45) is 0 Å². The van der Waals surface area contributed by atoms with E-state index in [9.17, 15) is 4.79 Å². The van der Waals surface area contributed by atoms with Crippen molar-refractivity contribution in [3.05, 3.63) is 17.5 Å². The van der Waals surface area contributed by atoms with E-state index in [1.165, 1.54) is 11.8 Å². The zero-order chi connectivity index (χ0) is 14.0. The molecule has 2 aromatic rings. The SMILES string of the molecule is CCNC(=O)[C@H](C)Sc1nc2nc(C)cc(C)n2n1. The van der Waals surface area contributed by atoms with Gasteiger partial charge in [0.1, 0.15) is 0 Å². The minimum absolute atomic E-state index is 0.00721. The van der Waals surface area contributed by atoms with Crippen LogP contribution in [0.2, 0.25) is 0 Å². The van der Waals surface area contributed by atoms with Crippen LogP contribution in [0, 0.1) is 13.8 Å². The number of amides is 1. The Kier molecular flexibility index (Phi) is 4.04. The number of carbonyl (C=O) groups is 1. The lowest BCUT2D eigenvalue weighted by Gasteiger charge is -2.07. The van der Waals surface area contributed by atoms with Crippen molar-refractivity contribution in [3.8, 4) is 0 Å². The van der Waals surface area contributed by atoms with Crippen LogP contribution in [0.1, 0.15) is 25.2 Å². The molecule has 0 spiro atoms. The first-order valence-corrected chi connectivity index (χ1v) is 7.04. The summed E-state index contributed by atoms with van der Waals surface area (Å²) in [5, 5.41) is 7.49. The van der Waals surface area contributed by atoms with E-state index in [0.717, 1.165) is 11.4 Å². The van der Waals surface area contributed by atoms with Crippen LogP contribution in [-0.4, -0.2) is 37.3 Å². The normalized spacial score (nSPS) is 12.6. The minimum Gasteiger partial charge on any atom is -0.355 e. The number of hydrogen-bond donors (Lipinski definition) is 1. The first kappa shape index (κ1) is 13.8. The van der Waals surface area contributed by atoms with Gasteiger partial charge in [-0.15, -0.1) is 5.10 Å². The van der Waals surface area contributed by atoms with Crippen molar-refractivity contribution < 1.29 is 4.79 Å². The molecule has 0 fully saturated rings. The Morgan fingerprint density at radius 2 is 2.21 bits per heavy atom. The monoisotopic (exact) mass is 279 g/mol. The quantitative estimate of drug-likeness (QED) is 0.856. The van der Waals surface area contributed by atoms with Crippen LogP contribution in [0.5, 0.6) is 0 Å². The highest BCUT2D eigenvalue weighted by molar-refractivity contribution is 8.00. The Hall–Kier alpha value is -1.63. The van der Waals surface area contributed by atoms with Gasteiger partial charge in [-0.2, -0.15) is 4.98 Å². The lowest BCUT2D eigenvalue weighted by atomic mass is 10.4. The van der Waals surface area contributed by atoms with Gasteiger partial charge in [0.15, 0.2) is 0 Å². The Morgan fingerprint density at radius 3 is 2.89 bits per heavy atom.